The van der Waals surface area contributed by atoms with E-state index < -0.39 is 10.8 Å². The lowest BCUT2D eigenvalue weighted by Gasteiger charge is -2.07. The minimum atomic E-state index is -0.903. The Morgan fingerprint density at radius 3 is 2.88 bits per heavy atom. The molecule has 0 spiro atoms. The molecule has 0 saturated carbocycles. The molecule has 0 radical (unpaired) electrons. The number of hydrogen-bond acceptors (Lipinski definition) is 3. The fourth-order valence-corrected chi connectivity index (χ4v) is 1.88. The Hall–Kier alpha value is -0.880. The van der Waals surface area contributed by atoms with E-state index in [1.807, 2.05) is 0 Å². The maximum absolute atomic E-state index is 11.7. The van der Waals surface area contributed by atoms with Gasteiger partial charge in [0, 0.05) is 39.5 Å². The van der Waals surface area contributed by atoms with Gasteiger partial charge in [0.15, 0.2) is 0 Å². The van der Waals surface area contributed by atoms with E-state index in [1.165, 1.54) is 0 Å². The maximum atomic E-state index is 11.7. The molecule has 0 aliphatic rings. The lowest BCUT2D eigenvalue weighted by molar-refractivity contribution is 0.0957. The monoisotopic (exact) mass is 304 g/mol. The van der Waals surface area contributed by atoms with Crippen molar-refractivity contribution >= 4 is 38.3 Å². The van der Waals surface area contributed by atoms with Crippen LogP contribution in [-0.2, 0) is 10.8 Å². The van der Waals surface area contributed by atoms with Gasteiger partial charge in [-0.1, -0.05) is 15.9 Å². The second kappa shape index (κ2) is 6.00. The minimum absolute atomic E-state index is 0.246. The fraction of sp³-hybridized carbons (Fsp3) is 0.300. The molecule has 0 aliphatic heterocycles. The summed E-state index contributed by atoms with van der Waals surface area (Å²) in [4.78, 5) is 11.7. The molecular formula is C10H13BrN2O2S. The molecule has 1 atom stereocenters. The predicted octanol–water partition coefficient (Wildman–Crippen LogP) is 1.14. The molecule has 1 unspecified atom stereocenters. The number of rotatable bonds is 4. The number of nitrogens with one attached hydrogen (secondary N) is 1. The molecule has 6 heteroatoms. The lowest BCUT2D eigenvalue weighted by Crippen LogP contribution is -2.28. The third kappa shape index (κ3) is 3.94. The van der Waals surface area contributed by atoms with Crippen molar-refractivity contribution in [3.63, 3.8) is 0 Å². The van der Waals surface area contributed by atoms with Crippen LogP contribution < -0.4 is 11.1 Å². The number of carbonyl (C=O) groups is 1. The van der Waals surface area contributed by atoms with Gasteiger partial charge in [0.05, 0.1) is 5.56 Å². The molecule has 0 saturated heterocycles. The van der Waals surface area contributed by atoms with Crippen LogP contribution in [0, 0.1) is 0 Å². The Kier molecular flexibility index (Phi) is 4.95. The highest BCUT2D eigenvalue weighted by Crippen LogP contribution is 2.18. The third-order valence-electron chi connectivity index (χ3n) is 1.94. The van der Waals surface area contributed by atoms with Gasteiger partial charge in [-0.3, -0.25) is 9.00 Å². The smallest absolute Gasteiger partial charge is 0.253 e. The topological polar surface area (TPSA) is 72.2 Å². The molecular weight excluding hydrogens is 292 g/mol. The number of amides is 1. The number of carbonyl (C=O) groups excluding carboxylic acids is 1. The molecule has 0 aliphatic carbocycles. The van der Waals surface area contributed by atoms with Gasteiger partial charge in [-0.15, -0.1) is 0 Å². The van der Waals surface area contributed by atoms with E-state index in [4.69, 9.17) is 5.73 Å². The van der Waals surface area contributed by atoms with Crippen LogP contribution in [0.2, 0.25) is 0 Å². The second-order valence-electron chi connectivity index (χ2n) is 3.26. The van der Waals surface area contributed by atoms with E-state index in [-0.39, 0.29) is 5.91 Å². The van der Waals surface area contributed by atoms with Crippen LogP contribution in [0.4, 0.5) is 5.69 Å². The quantitative estimate of drug-likeness (QED) is 0.819. The SMILES string of the molecule is CS(=O)CCNC(=O)c1cc(Br)ccc1N. The Morgan fingerprint density at radius 2 is 2.25 bits per heavy atom. The predicted molar refractivity (Wildman–Crippen MR) is 69.8 cm³/mol. The molecule has 3 N–H and O–H groups in total. The van der Waals surface area contributed by atoms with Crippen LogP contribution in [0.25, 0.3) is 0 Å². The summed E-state index contributed by atoms with van der Waals surface area (Å²) in [7, 11) is -0.903. The molecule has 0 heterocycles. The summed E-state index contributed by atoms with van der Waals surface area (Å²) >= 11 is 3.27. The van der Waals surface area contributed by atoms with E-state index in [0.29, 0.717) is 23.5 Å². The summed E-state index contributed by atoms with van der Waals surface area (Å²) in [5.41, 5.74) is 6.54. The molecule has 88 valence electrons. The number of nitrogen functional groups attached to an aromatic ring is 1. The van der Waals surface area contributed by atoms with Gasteiger partial charge < -0.3 is 11.1 Å². The average Bonchev–Trinajstić information content (AvgIpc) is 2.21. The highest BCUT2D eigenvalue weighted by atomic mass is 79.9. The number of nitrogens with two attached hydrogens (primary N) is 1. The standard InChI is InChI=1S/C10H13BrN2O2S/c1-16(15)5-4-13-10(14)8-6-7(11)2-3-9(8)12/h2-3,6H,4-5,12H2,1H3,(H,13,14). The molecule has 0 bridgehead atoms. The van der Waals surface area contributed by atoms with Gasteiger partial charge in [-0.2, -0.15) is 0 Å². The van der Waals surface area contributed by atoms with Crippen molar-refractivity contribution in [3.05, 3.63) is 28.2 Å². The molecule has 1 aromatic rings. The van der Waals surface area contributed by atoms with Crippen molar-refractivity contribution < 1.29 is 9.00 Å². The molecule has 1 rings (SSSR count). The second-order valence-corrected chi connectivity index (χ2v) is 5.74. The van der Waals surface area contributed by atoms with Crippen molar-refractivity contribution in [1.82, 2.24) is 5.32 Å². The van der Waals surface area contributed by atoms with E-state index >= 15 is 0 Å². The van der Waals surface area contributed by atoms with Crippen molar-refractivity contribution in [2.24, 2.45) is 0 Å². The first-order chi connectivity index (χ1) is 7.50. The zero-order chi connectivity index (χ0) is 12.1. The Morgan fingerprint density at radius 1 is 1.56 bits per heavy atom. The number of halogens is 1. The van der Waals surface area contributed by atoms with Gasteiger partial charge >= 0.3 is 0 Å². The van der Waals surface area contributed by atoms with Crippen LogP contribution in [0.5, 0.6) is 0 Å². The summed E-state index contributed by atoms with van der Waals surface area (Å²) in [6.07, 6.45) is 1.60. The van der Waals surface area contributed by atoms with E-state index in [2.05, 4.69) is 21.2 Å². The van der Waals surface area contributed by atoms with Gasteiger partial charge in [-0.05, 0) is 18.2 Å². The zero-order valence-corrected chi connectivity index (χ0v) is 11.2. The van der Waals surface area contributed by atoms with Gasteiger partial charge in [0.2, 0.25) is 0 Å². The van der Waals surface area contributed by atoms with Crippen molar-refractivity contribution in [2.45, 2.75) is 0 Å². The fourth-order valence-electron chi connectivity index (χ4n) is 1.13. The Balaban J connectivity index is 2.65. The van der Waals surface area contributed by atoms with Gasteiger partial charge in [-0.25, -0.2) is 0 Å². The van der Waals surface area contributed by atoms with Gasteiger partial charge in [0.1, 0.15) is 0 Å². The average molecular weight is 305 g/mol. The Labute approximate surface area is 105 Å². The van der Waals surface area contributed by atoms with Crippen LogP contribution in [0.3, 0.4) is 0 Å². The minimum Gasteiger partial charge on any atom is -0.398 e. The van der Waals surface area contributed by atoms with E-state index in [9.17, 15) is 9.00 Å². The first kappa shape index (κ1) is 13.2. The van der Waals surface area contributed by atoms with E-state index in [1.54, 1.807) is 24.5 Å². The summed E-state index contributed by atoms with van der Waals surface area (Å²) < 4.78 is 11.6. The number of benzene rings is 1. The molecule has 0 fully saturated rings. The summed E-state index contributed by atoms with van der Waals surface area (Å²) in [5, 5.41) is 2.67. The van der Waals surface area contributed by atoms with Crippen LogP contribution in [-0.4, -0.2) is 28.7 Å². The molecule has 1 aromatic carbocycles. The summed E-state index contributed by atoms with van der Waals surface area (Å²) in [6, 6.07) is 5.09. The van der Waals surface area contributed by atoms with Crippen molar-refractivity contribution in [1.29, 1.82) is 0 Å². The summed E-state index contributed by atoms with van der Waals surface area (Å²) in [6.45, 7) is 0.383. The zero-order valence-electron chi connectivity index (χ0n) is 8.83. The highest BCUT2D eigenvalue weighted by Gasteiger charge is 2.09. The first-order valence-corrected chi connectivity index (χ1v) is 7.16. The first-order valence-electron chi connectivity index (χ1n) is 4.64. The van der Waals surface area contributed by atoms with Crippen LogP contribution in [0.15, 0.2) is 22.7 Å². The third-order valence-corrected chi connectivity index (χ3v) is 3.21. The van der Waals surface area contributed by atoms with Crippen molar-refractivity contribution in [2.75, 3.05) is 24.3 Å². The largest absolute Gasteiger partial charge is 0.398 e. The Bertz CT molecular complexity index is 423. The molecule has 1 amide bonds. The highest BCUT2D eigenvalue weighted by molar-refractivity contribution is 9.10. The number of anilines is 1. The van der Waals surface area contributed by atoms with Crippen LogP contribution in [0.1, 0.15) is 10.4 Å². The number of hydrogen-bond donors (Lipinski definition) is 2. The molecule has 0 aromatic heterocycles. The van der Waals surface area contributed by atoms with Crippen molar-refractivity contribution in [3.8, 4) is 0 Å². The lowest BCUT2D eigenvalue weighted by atomic mass is 10.2. The van der Waals surface area contributed by atoms with Gasteiger partial charge in [0.25, 0.3) is 5.91 Å². The van der Waals surface area contributed by atoms with E-state index in [0.717, 1.165) is 4.47 Å². The normalized spacial score (nSPS) is 12.1. The maximum Gasteiger partial charge on any atom is 0.253 e. The van der Waals surface area contributed by atoms with Crippen LogP contribution >= 0.6 is 15.9 Å². The molecule has 4 nitrogen and oxygen atoms in total. The summed E-state index contributed by atoms with van der Waals surface area (Å²) in [5.74, 6) is 0.198. The molecule has 16 heavy (non-hydrogen) atoms.